The Bertz CT molecular complexity index is 328. The van der Waals surface area contributed by atoms with E-state index in [0.717, 1.165) is 0 Å². The zero-order valence-electron chi connectivity index (χ0n) is 6.97. The second-order valence-corrected chi connectivity index (χ2v) is 3.16. The zero-order valence-corrected chi connectivity index (χ0v) is 8.49. The predicted octanol–water partition coefficient (Wildman–Crippen LogP) is 2.68. The fraction of sp³-hybridized carbons (Fsp3) is 0.250. The van der Waals surface area contributed by atoms with Crippen molar-refractivity contribution in [1.29, 1.82) is 0 Å². The molecule has 13 heavy (non-hydrogen) atoms. The van der Waals surface area contributed by atoms with Crippen molar-refractivity contribution in [3.05, 3.63) is 16.1 Å². The van der Waals surface area contributed by atoms with Crippen LogP contribution >= 0.6 is 23.2 Å². The van der Waals surface area contributed by atoms with Crippen molar-refractivity contribution in [3.63, 3.8) is 0 Å². The normalized spacial score (nSPS) is 10.1. The van der Waals surface area contributed by atoms with Crippen LogP contribution in [0.4, 0.5) is 5.69 Å². The zero-order chi connectivity index (χ0) is 10.0. The molecule has 72 valence electrons. The number of benzene rings is 1. The van der Waals surface area contributed by atoms with E-state index in [1.165, 1.54) is 6.07 Å². The molecule has 1 aromatic rings. The van der Waals surface area contributed by atoms with E-state index in [2.05, 4.69) is 0 Å². The Kier molecular flexibility index (Phi) is 3.12. The lowest BCUT2D eigenvalue weighted by Crippen LogP contribution is -1.95. The van der Waals surface area contributed by atoms with Crippen molar-refractivity contribution in [3.8, 4) is 11.5 Å². The second-order valence-electron chi connectivity index (χ2n) is 2.37. The number of ether oxygens (including phenoxy) is 1. The largest absolute Gasteiger partial charge is 0.504 e. The maximum Gasteiger partial charge on any atom is 0.161 e. The van der Waals surface area contributed by atoms with Gasteiger partial charge in [0.1, 0.15) is 5.02 Å². The van der Waals surface area contributed by atoms with Crippen molar-refractivity contribution in [2.45, 2.75) is 6.92 Å². The van der Waals surface area contributed by atoms with Crippen molar-refractivity contribution in [1.82, 2.24) is 0 Å². The molecule has 3 N–H and O–H groups in total. The van der Waals surface area contributed by atoms with Crippen LogP contribution in [-0.2, 0) is 0 Å². The average molecular weight is 222 g/mol. The number of phenolic OH excluding ortho intramolecular Hbond substituents is 1. The van der Waals surface area contributed by atoms with Gasteiger partial charge in [-0.3, -0.25) is 0 Å². The molecule has 1 rings (SSSR count). The van der Waals surface area contributed by atoms with Crippen LogP contribution < -0.4 is 10.5 Å². The Morgan fingerprint density at radius 3 is 2.69 bits per heavy atom. The topological polar surface area (TPSA) is 55.5 Å². The van der Waals surface area contributed by atoms with E-state index < -0.39 is 0 Å². The monoisotopic (exact) mass is 221 g/mol. The number of nitrogens with two attached hydrogens (primary N) is 1. The Hall–Kier alpha value is -0.800. The van der Waals surface area contributed by atoms with Gasteiger partial charge in [0.05, 0.1) is 17.3 Å². The van der Waals surface area contributed by atoms with Crippen LogP contribution in [0.1, 0.15) is 6.92 Å². The highest BCUT2D eigenvalue weighted by atomic mass is 35.5. The molecule has 1 aromatic carbocycles. The number of aromatic hydroxyl groups is 1. The van der Waals surface area contributed by atoms with Crippen LogP contribution in [0.15, 0.2) is 6.07 Å². The van der Waals surface area contributed by atoms with E-state index in [1.807, 2.05) is 0 Å². The summed E-state index contributed by atoms with van der Waals surface area (Å²) in [5.74, 6) is 0.0621. The number of halogens is 2. The van der Waals surface area contributed by atoms with Crippen molar-refractivity contribution in [2.75, 3.05) is 12.3 Å². The van der Waals surface area contributed by atoms with E-state index in [-0.39, 0.29) is 22.2 Å². The molecule has 0 atom stereocenters. The van der Waals surface area contributed by atoms with Crippen LogP contribution in [0.2, 0.25) is 10.0 Å². The van der Waals surface area contributed by atoms with Crippen molar-refractivity contribution >= 4 is 28.9 Å². The molecule has 0 bridgehead atoms. The first-order valence-electron chi connectivity index (χ1n) is 3.67. The van der Waals surface area contributed by atoms with E-state index in [0.29, 0.717) is 11.6 Å². The number of phenols is 1. The molecule has 0 spiro atoms. The van der Waals surface area contributed by atoms with E-state index in [9.17, 15) is 5.11 Å². The number of hydrogen-bond donors (Lipinski definition) is 2. The first-order chi connectivity index (χ1) is 6.07. The molecule has 0 aliphatic rings. The third-order valence-electron chi connectivity index (χ3n) is 1.47. The van der Waals surface area contributed by atoms with Gasteiger partial charge in [0.2, 0.25) is 0 Å². The molecule has 0 aliphatic heterocycles. The van der Waals surface area contributed by atoms with E-state index in [1.54, 1.807) is 6.92 Å². The van der Waals surface area contributed by atoms with E-state index >= 15 is 0 Å². The molecule has 0 amide bonds. The predicted molar refractivity (Wildman–Crippen MR) is 53.7 cm³/mol. The summed E-state index contributed by atoms with van der Waals surface area (Å²) in [7, 11) is 0. The number of anilines is 1. The lowest BCUT2D eigenvalue weighted by Gasteiger charge is -2.10. The van der Waals surface area contributed by atoms with Crippen molar-refractivity contribution < 1.29 is 9.84 Å². The maximum atomic E-state index is 9.34. The summed E-state index contributed by atoms with van der Waals surface area (Å²) >= 11 is 11.5. The highest BCUT2D eigenvalue weighted by molar-refractivity contribution is 6.38. The Morgan fingerprint density at radius 2 is 2.15 bits per heavy atom. The van der Waals surface area contributed by atoms with Gasteiger partial charge in [0.25, 0.3) is 0 Å². The molecule has 0 unspecified atom stereocenters. The first-order valence-corrected chi connectivity index (χ1v) is 4.42. The molecule has 0 radical (unpaired) electrons. The quantitative estimate of drug-likeness (QED) is 0.597. The molecular weight excluding hydrogens is 213 g/mol. The standard InChI is InChI=1S/C8H9Cl2NO2/c1-2-13-8-4(9)3-5(11)7(12)6(8)10/h3,12H,2,11H2,1H3. The molecule has 0 aliphatic carbocycles. The number of nitrogen functional groups attached to an aromatic ring is 1. The molecule has 0 heterocycles. The summed E-state index contributed by atoms with van der Waals surface area (Å²) in [6.07, 6.45) is 0. The number of hydrogen-bond acceptors (Lipinski definition) is 3. The SMILES string of the molecule is CCOc1c(Cl)cc(N)c(O)c1Cl. The molecule has 0 fully saturated rings. The van der Waals surface area contributed by atoms with Crippen LogP contribution in [0.5, 0.6) is 11.5 Å². The fourth-order valence-electron chi connectivity index (χ4n) is 0.886. The van der Waals surface area contributed by atoms with Gasteiger partial charge in [-0.05, 0) is 13.0 Å². The van der Waals surface area contributed by atoms with Gasteiger partial charge in [0, 0.05) is 0 Å². The molecule has 0 saturated carbocycles. The second kappa shape index (κ2) is 3.94. The first kappa shape index (κ1) is 10.3. The summed E-state index contributed by atoms with van der Waals surface area (Å²) in [6, 6.07) is 1.40. The molecule has 5 heteroatoms. The van der Waals surface area contributed by atoms with Crippen molar-refractivity contribution in [2.24, 2.45) is 0 Å². The van der Waals surface area contributed by atoms with Crippen LogP contribution in [-0.4, -0.2) is 11.7 Å². The molecular formula is C8H9Cl2NO2. The molecule has 3 nitrogen and oxygen atoms in total. The smallest absolute Gasteiger partial charge is 0.161 e. The van der Waals surface area contributed by atoms with Gasteiger partial charge >= 0.3 is 0 Å². The molecule has 0 saturated heterocycles. The minimum Gasteiger partial charge on any atom is -0.504 e. The van der Waals surface area contributed by atoms with Gasteiger partial charge in [-0.1, -0.05) is 23.2 Å². The minimum atomic E-state index is -0.200. The van der Waals surface area contributed by atoms with Gasteiger partial charge in [0.15, 0.2) is 11.5 Å². The van der Waals surface area contributed by atoms with Gasteiger partial charge in [-0.25, -0.2) is 0 Å². The van der Waals surface area contributed by atoms with Crippen LogP contribution in [0.25, 0.3) is 0 Å². The summed E-state index contributed by atoms with van der Waals surface area (Å²) in [5, 5.41) is 9.68. The van der Waals surface area contributed by atoms with Gasteiger partial charge in [-0.15, -0.1) is 0 Å². The highest BCUT2D eigenvalue weighted by Crippen LogP contribution is 2.42. The van der Waals surface area contributed by atoms with Gasteiger partial charge in [-0.2, -0.15) is 0 Å². The van der Waals surface area contributed by atoms with Gasteiger partial charge < -0.3 is 15.6 Å². The average Bonchev–Trinajstić information content (AvgIpc) is 2.09. The van der Waals surface area contributed by atoms with E-state index in [4.69, 9.17) is 33.7 Å². The minimum absolute atomic E-state index is 0.0480. The third kappa shape index (κ3) is 1.92. The fourth-order valence-corrected chi connectivity index (χ4v) is 1.47. The summed E-state index contributed by atoms with van der Waals surface area (Å²) in [6.45, 7) is 2.21. The molecule has 0 aromatic heterocycles. The lowest BCUT2D eigenvalue weighted by molar-refractivity contribution is 0.338. The number of rotatable bonds is 2. The Balaban J connectivity index is 3.26. The van der Waals surface area contributed by atoms with Crippen LogP contribution in [0, 0.1) is 0 Å². The Morgan fingerprint density at radius 1 is 1.54 bits per heavy atom. The Labute approximate surface area is 86.0 Å². The maximum absolute atomic E-state index is 9.34. The van der Waals surface area contributed by atoms with Crippen LogP contribution in [0.3, 0.4) is 0 Å². The third-order valence-corrected chi connectivity index (χ3v) is 2.10. The summed E-state index contributed by atoms with van der Waals surface area (Å²) in [4.78, 5) is 0. The summed E-state index contributed by atoms with van der Waals surface area (Å²) < 4.78 is 5.12. The highest BCUT2D eigenvalue weighted by Gasteiger charge is 2.14. The summed E-state index contributed by atoms with van der Waals surface area (Å²) in [5.41, 5.74) is 5.55. The lowest BCUT2D eigenvalue weighted by atomic mass is 10.3.